The first-order valence-electron chi connectivity index (χ1n) is 14.1. The number of para-hydroxylation sites is 2. The van der Waals surface area contributed by atoms with E-state index < -0.39 is 5.97 Å². The standard InChI is InChI=1S/C36H29N3O5.Na/c40-36(41)21-37-44-24-33(25-11-17-31(18-12-25)42-22-29-15-9-27-5-1-3-7-34(27)38-29)26-13-19-32(20-14-26)43-23-30-16-10-28-6-2-4-8-35(28)39-30;/h1-21,33H,22-24H2,(H,40,41);/q;+1/p-1. The number of rotatable bonds is 12. The van der Waals surface area contributed by atoms with Gasteiger partial charge in [0.1, 0.15) is 31.3 Å². The van der Waals surface area contributed by atoms with Gasteiger partial charge in [0.2, 0.25) is 0 Å². The fourth-order valence-corrected chi connectivity index (χ4v) is 4.87. The SMILES string of the molecule is O=C([O-])C=NOCC(c1ccc(OCc2ccc3ccccc3n2)cc1)c1ccc(OCc2ccc3ccccc3n2)cc1.[Na+]. The molecule has 0 fully saturated rings. The van der Waals surface area contributed by atoms with Crippen molar-refractivity contribution in [2.24, 2.45) is 5.16 Å². The first-order valence-corrected chi connectivity index (χ1v) is 14.1. The van der Waals surface area contributed by atoms with Crippen LogP contribution in [0.4, 0.5) is 0 Å². The number of nitrogens with zero attached hydrogens (tertiary/aromatic N) is 3. The van der Waals surface area contributed by atoms with Crippen LogP contribution in [0.2, 0.25) is 0 Å². The molecule has 218 valence electrons. The maximum Gasteiger partial charge on any atom is 1.00 e. The monoisotopic (exact) mass is 605 g/mol. The molecule has 0 saturated carbocycles. The van der Waals surface area contributed by atoms with E-state index in [1.165, 1.54) is 0 Å². The van der Waals surface area contributed by atoms with E-state index in [4.69, 9.17) is 14.3 Å². The summed E-state index contributed by atoms with van der Waals surface area (Å²) in [6.45, 7) is 0.794. The third kappa shape index (κ3) is 8.45. The third-order valence-electron chi connectivity index (χ3n) is 7.12. The maximum absolute atomic E-state index is 10.7. The van der Waals surface area contributed by atoms with Crippen LogP contribution >= 0.6 is 0 Å². The van der Waals surface area contributed by atoms with Crippen molar-refractivity contribution in [2.45, 2.75) is 19.1 Å². The number of benzene rings is 4. The Morgan fingerprint density at radius 1 is 0.667 bits per heavy atom. The number of aromatic nitrogens is 2. The molecule has 2 heterocycles. The molecule has 0 radical (unpaired) electrons. The molecule has 0 bridgehead atoms. The smallest absolute Gasteiger partial charge is 0.544 e. The normalized spacial score (nSPS) is 11.0. The number of oxime groups is 1. The molecule has 8 nitrogen and oxygen atoms in total. The van der Waals surface area contributed by atoms with Crippen LogP contribution in [0.5, 0.6) is 11.5 Å². The summed E-state index contributed by atoms with van der Waals surface area (Å²) >= 11 is 0. The molecule has 45 heavy (non-hydrogen) atoms. The van der Waals surface area contributed by atoms with Gasteiger partial charge >= 0.3 is 29.6 Å². The second-order valence-electron chi connectivity index (χ2n) is 10.1. The summed E-state index contributed by atoms with van der Waals surface area (Å²) in [5.41, 5.74) is 5.41. The van der Waals surface area contributed by atoms with Crippen LogP contribution in [0, 0.1) is 0 Å². The summed E-state index contributed by atoms with van der Waals surface area (Å²) < 4.78 is 12.0. The van der Waals surface area contributed by atoms with E-state index in [1.54, 1.807) is 0 Å². The van der Waals surface area contributed by atoms with E-state index in [0.717, 1.165) is 44.3 Å². The van der Waals surface area contributed by atoms with Crippen LogP contribution in [0.3, 0.4) is 0 Å². The number of carbonyl (C=O) groups is 1. The van der Waals surface area contributed by atoms with Crippen molar-refractivity contribution in [1.29, 1.82) is 0 Å². The minimum absolute atomic E-state index is 0. The van der Waals surface area contributed by atoms with Gasteiger partial charge in [0.15, 0.2) is 0 Å². The third-order valence-corrected chi connectivity index (χ3v) is 7.12. The molecule has 6 aromatic rings. The van der Waals surface area contributed by atoms with Crippen LogP contribution in [-0.2, 0) is 22.8 Å². The summed E-state index contributed by atoms with van der Waals surface area (Å²) in [6, 6.07) is 39.3. The summed E-state index contributed by atoms with van der Waals surface area (Å²) in [5.74, 6) is -0.263. The molecule has 0 aliphatic rings. The van der Waals surface area contributed by atoms with Crippen molar-refractivity contribution in [3.05, 3.63) is 144 Å². The summed E-state index contributed by atoms with van der Waals surface area (Å²) in [6.07, 6.45) is 0.618. The Kier molecular flexibility index (Phi) is 10.8. The quantitative estimate of drug-likeness (QED) is 0.120. The Bertz CT molecular complexity index is 1790. The Morgan fingerprint density at radius 2 is 1.13 bits per heavy atom. The molecule has 9 heteroatoms. The number of fused-ring (bicyclic) bond motifs is 2. The number of pyridine rings is 2. The van der Waals surface area contributed by atoms with Crippen molar-refractivity contribution in [1.82, 2.24) is 9.97 Å². The van der Waals surface area contributed by atoms with Gasteiger partial charge in [-0.05, 0) is 59.7 Å². The molecule has 0 atom stereocenters. The number of carbonyl (C=O) groups excluding carboxylic acids is 1. The predicted molar refractivity (Wildman–Crippen MR) is 166 cm³/mol. The molecule has 0 N–H and O–H groups in total. The van der Waals surface area contributed by atoms with Gasteiger partial charge in [0.05, 0.1) is 34.6 Å². The minimum Gasteiger partial charge on any atom is -0.544 e. The molecule has 4 aromatic carbocycles. The van der Waals surface area contributed by atoms with Gasteiger partial charge in [0, 0.05) is 16.7 Å². The molecule has 0 unspecified atom stereocenters. The number of hydrogen-bond acceptors (Lipinski definition) is 8. The topological polar surface area (TPSA) is 106 Å². The summed E-state index contributed by atoms with van der Waals surface area (Å²) in [5, 5.41) is 16.4. The number of ether oxygens (including phenoxy) is 2. The Balaban J connectivity index is 0.00000400. The molecule has 2 aromatic heterocycles. The van der Waals surface area contributed by atoms with Crippen molar-refractivity contribution < 1.29 is 53.8 Å². The molecule has 6 rings (SSSR count). The van der Waals surface area contributed by atoms with E-state index in [-0.39, 0.29) is 42.1 Å². The Morgan fingerprint density at radius 3 is 1.60 bits per heavy atom. The van der Waals surface area contributed by atoms with Crippen molar-refractivity contribution in [2.75, 3.05) is 6.61 Å². The fraction of sp³-hybridized carbons (Fsp3) is 0.111. The molecule has 0 saturated heterocycles. The number of hydrogen-bond donors (Lipinski definition) is 0. The van der Waals surface area contributed by atoms with Gasteiger partial charge in [0.25, 0.3) is 0 Å². The second-order valence-corrected chi connectivity index (χ2v) is 10.1. The van der Waals surface area contributed by atoms with E-state index in [2.05, 4.69) is 15.1 Å². The molecular weight excluding hydrogens is 577 g/mol. The van der Waals surface area contributed by atoms with Gasteiger partial charge in [-0.25, -0.2) is 9.97 Å². The van der Waals surface area contributed by atoms with Crippen molar-refractivity contribution in [3.8, 4) is 11.5 Å². The zero-order valence-electron chi connectivity index (χ0n) is 24.7. The van der Waals surface area contributed by atoms with Crippen LogP contribution in [0.25, 0.3) is 21.8 Å². The number of carboxylic acid groups (broad SMARTS) is 1. The van der Waals surface area contributed by atoms with Crippen LogP contribution < -0.4 is 44.1 Å². The average molecular weight is 606 g/mol. The summed E-state index contributed by atoms with van der Waals surface area (Å²) in [4.78, 5) is 25.4. The first kappa shape index (κ1) is 31.7. The van der Waals surface area contributed by atoms with E-state index in [0.29, 0.717) is 30.9 Å². The van der Waals surface area contributed by atoms with Gasteiger partial charge in [-0.2, -0.15) is 0 Å². The van der Waals surface area contributed by atoms with E-state index in [9.17, 15) is 9.90 Å². The van der Waals surface area contributed by atoms with Gasteiger partial charge in [-0.15, -0.1) is 0 Å². The maximum atomic E-state index is 10.7. The Hall–Kier alpha value is -4.76. The molecule has 0 aliphatic carbocycles. The predicted octanol–water partition coefficient (Wildman–Crippen LogP) is 2.83. The fourth-order valence-electron chi connectivity index (χ4n) is 4.87. The van der Waals surface area contributed by atoms with Gasteiger partial charge in [-0.1, -0.05) is 78.0 Å². The van der Waals surface area contributed by atoms with Crippen LogP contribution in [-0.4, -0.2) is 28.8 Å². The Labute approximate surface area is 282 Å². The average Bonchev–Trinajstić information content (AvgIpc) is 3.07. The van der Waals surface area contributed by atoms with Crippen molar-refractivity contribution in [3.63, 3.8) is 0 Å². The minimum atomic E-state index is -1.42. The first-order chi connectivity index (χ1) is 21.6. The summed E-state index contributed by atoms with van der Waals surface area (Å²) in [7, 11) is 0. The zero-order chi connectivity index (χ0) is 30.1. The molecule has 0 spiro atoms. The van der Waals surface area contributed by atoms with E-state index >= 15 is 0 Å². The van der Waals surface area contributed by atoms with Gasteiger partial charge < -0.3 is 24.2 Å². The zero-order valence-corrected chi connectivity index (χ0v) is 26.7. The molecule has 0 aliphatic heterocycles. The number of aliphatic carboxylic acids is 1. The molecular formula is C36H28N3NaO5. The molecule has 0 amide bonds. The van der Waals surface area contributed by atoms with Crippen molar-refractivity contribution >= 4 is 34.0 Å². The van der Waals surface area contributed by atoms with Gasteiger partial charge in [-0.3, -0.25) is 0 Å². The second kappa shape index (κ2) is 15.3. The van der Waals surface area contributed by atoms with Crippen LogP contribution in [0.1, 0.15) is 28.4 Å². The number of carboxylic acids is 1. The van der Waals surface area contributed by atoms with Crippen LogP contribution in [0.15, 0.2) is 126 Å². The largest absolute Gasteiger partial charge is 1.00 e. The van der Waals surface area contributed by atoms with E-state index in [1.807, 2.05) is 121 Å².